The standard InChI is InChI=1S/C24H40N4.Y/c1-21(2,3)15-18(23(7,8)9)28(24(10,11)12)19-13-14-27-20(26-19)17(16-25-27)22(4,5)6;/h14-16,18H,1-12H3;/q-2;. The van der Waals surface area contributed by atoms with Crippen LogP contribution in [0.4, 0.5) is 5.82 Å². The molecule has 0 saturated heterocycles. The topological polar surface area (TPSA) is 33.4 Å². The van der Waals surface area contributed by atoms with E-state index in [1.807, 2.05) is 16.9 Å². The van der Waals surface area contributed by atoms with E-state index in [2.05, 4.69) is 106 Å². The summed E-state index contributed by atoms with van der Waals surface area (Å²) in [6, 6.07) is 3.62. The molecule has 1 radical (unpaired) electrons. The molecule has 0 saturated carbocycles. The molecule has 4 nitrogen and oxygen atoms in total. The molecule has 29 heavy (non-hydrogen) atoms. The van der Waals surface area contributed by atoms with Gasteiger partial charge in [-0.25, -0.2) is 0 Å². The number of hydrogen-bond donors (Lipinski definition) is 0. The molecule has 2 rings (SSSR count). The smallest absolute Gasteiger partial charge is 0.154 e. The van der Waals surface area contributed by atoms with Crippen molar-refractivity contribution in [3.63, 3.8) is 0 Å². The molecule has 1 unspecified atom stereocenters. The molecule has 0 aromatic carbocycles. The van der Waals surface area contributed by atoms with Crippen molar-refractivity contribution in [2.75, 3.05) is 4.90 Å². The van der Waals surface area contributed by atoms with Crippen molar-refractivity contribution in [2.24, 2.45) is 10.8 Å². The largest absolute Gasteiger partial charge is 0.408 e. The fraction of sp³-hybridized carbons (Fsp3) is 0.708. The predicted octanol–water partition coefficient (Wildman–Crippen LogP) is 6.09. The monoisotopic (exact) mass is 473 g/mol. The molecule has 0 aliphatic rings. The maximum Gasteiger partial charge on any atom is 0.154 e. The van der Waals surface area contributed by atoms with E-state index in [-0.39, 0.29) is 60.5 Å². The van der Waals surface area contributed by atoms with Crippen LogP contribution in [0.2, 0.25) is 0 Å². The second-order valence-corrected chi connectivity index (χ2v) is 12.2. The quantitative estimate of drug-likeness (QED) is 0.506. The van der Waals surface area contributed by atoms with Crippen LogP contribution in [0, 0.1) is 23.3 Å². The number of anilines is 1. The number of rotatable bonds is 3. The van der Waals surface area contributed by atoms with Crippen LogP contribution in [-0.4, -0.2) is 26.2 Å². The van der Waals surface area contributed by atoms with Crippen molar-refractivity contribution >= 4 is 11.5 Å². The molecular weight excluding hydrogens is 433 g/mol. The third kappa shape index (κ3) is 6.50. The van der Waals surface area contributed by atoms with E-state index in [4.69, 9.17) is 4.98 Å². The first-order chi connectivity index (χ1) is 12.4. The first kappa shape index (κ1) is 26.6. The zero-order chi connectivity index (χ0) is 21.7. The van der Waals surface area contributed by atoms with Crippen LogP contribution in [0.5, 0.6) is 0 Å². The van der Waals surface area contributed by atoms with Gasteiger partial charge in [-0.05, 0) is 31.6 Å². The van der Waals surface area contributed by atoms with E-state index >= 15 is 0 Å². The van der Waals surface area contributed by atoms with Crippen molar-refractivity contribution in [3.8, 4) is 0 Å². The summed E-state index contributed by atoms with van der Waals surface area (Å²) in [7, 11) is 0. The molecule has 0 aliphatic heterocycles. The summed E-state index contributed by atoms with van der Waals surface area (Å²) in [6.45, 7) is 27.1. The summed E-state index contributed by atoms with van der Waals surface area (Å²) in [5.74, 6) is 0.881. The maximum absolute atomic E-state index is 5.08. The number of fused-ring (bicyclic) bond motifs is 1. The van der Waals surface area contributed by atoms with Crippen LogP contribution >= 0.6 is 0 Å². The fourth-order valence-electron chi connectivity index (χ4n) is 3.52. The average Bonchev–Trinajstić information content (AvgIpc) is 2.85. The van der Waals surface area contributed by atoms with Gasteiger partial charge in [-0.2, -0.15) is 10.5 Å². The normalized spacial score (nSPS) is 14.6. The third-order valence-corrected chi connectivity index (χ3v) is 4.88. The summed E-state index contributed by atoms with van der Waals surface area (Å²) in [5, 5.41) is 4.50. The Morgan fingerprint density at radius 2 is 1.52 bits per heavy atom. The van der Waals surface area contributed by atoms with Gasteiger partial charge < -0.3 is 17.4 Å². The Kier molecular flexibility index (Phi) is 7.85. The first-order valence-corrected chi connectivity index (χ1v) is 10.3. The fourth-order valence-corrected chi connectivity index (χ4v) is 3.52. The molecule has 0 amide bonds. The zero-order valence-electron chi connectivity index (χ0n) is 20.7. The Labute approximate surface area is 204 Å². The van der Waals surface area contributed by atoms with E-state index in [0.717, 1.165) is 17.0 Å². The van der Waals surface area contributed by atoms with Gasteiger partial charge in [0.25, 0.3) is 0 Å². The van der Waals surface area contributed by atoms with Crippen LogP contribution < -0.4 is 4.90 Å². The molecule has 161 valence electrons. The molecule has 0 fully saturated rings. The van der Waals surface area contributed by atoms with E-state index in [1.54, 1.807) is 0 Å². The second kappa shape index (κ2) is 8.57. The van der Waals surface area contributed by atoms with Crippen molar-refractivity contribution in [2.45, 2.75) is 100 Å². The Morgan fingerprint density at radius 1 is 0.966 bits per heavy atom. The number of nitrogens with zero attached hydrogens (tertiary/aromatic N) is 4. The molecule has 0 spiro atoms. The summed E-state index contributed by atoms with van der Waals surface area (Å²) in [6.07, 6.45) is 6.31. The van der Waals surface area contributed by atoms with Crippen LogP contribution in [0.1, 0.15) is 88.6 Å². The van der Waals surface area contributed by atoms with E-state index in [9.17, 15) is 0 Å². The Balaban J connectivity index is 0.00000420. The van der Waals surface area contributed by atoms with Crippen molar-refractivity contribution in [1.29, 1.82) is 0 Å². The van der Waals surface area contributed by atoms with Crippen molar-refractivity contribution in [1.82, 2.24) is 14.6 Å². The third-order valence-electron chi connectivity index (χ3n) is 4.88. The van der Waals surface area contributed by atoms with Crippen LogP contribution in [0.3, 0.4) is 0 Å². The van der Waals surface area contributed by atoms with Crippen LogP contribution in [0.25, 0.3) is 5.65 Å². The SMILES string of the molecule is CC(C)(C)[CH-]C(N(c1[c-]cn2ncc(C(C)(C)C)c2n1)C(C)(C)C)C(C)(C)C.[Y]. The summed E-state index contributed by atoms with van der Waals surface area (Å²) < 4.78 is 1.84. The summed E-state index contributed by atoms with van der Waals surface area (Å²) >= 11 is 0. The molecule has 5 heteroatoms. The maximum atomic E-state index is 5.08. The number of aromatic nitrogens is 3. The van der Waals surface area contributed by atoms with E-state index < -0.39 is 0 Å². The van der Waals surface area contributed by atoms with Gasteiger partial charge in [-0.15, -0.1) is 6.20 Å². The van der Waals surface area contributed by atoms with Crippen LogP contribution in [-0.2, 0) is 38.1 Å². The van der Waals surface area contributed by atoms with Gasteiger partial charge in [-0.3, -0.25) is 9.50 Å². The van der Waals surface area contributed by atoms with Crippen molar-refractivity contribution < 1.29 is 32.7 Å². The van der Waals surface area contributed by atoms with Crippen LogP contribution in [0.15, 0.2) is 12.4 Å². The predicted molar refractivity (Wildman–Crippen MR) is 120 cm³/mol. The molecule has 2 aromatic rings. The Hall–Kier alpha value is -0.476. The van der Waals surface area contributed by atoms with Gasteiger partial charge in [0.15, 0.2) is 5.65 Å². The Bertz CT molecular complexity index is 810. The van der Waals surface area contributed by atoms with E-state index in [1.165, 1.54) is 0 Å². The number of hydrogen-bond acceptors (Lipinski definition) is 3. The van der Waals surface area contributed by atoms with Gasteiger partial charge in [0.05, 0.1) is 6.20 Å². The minimum absolute atomic E-state index is 0. The molecule has 2 heterocycles. The van der Waals surface area contributed by atoms with Crippen molar-refractivity contribution in [3.05, 3.63) is 30.4 Å². The molecule has 2 aromatic heterocycles. The first-order valence-electron chi connectivity index (χ1n) is 10.3. The summed E-state index contributed by atoms with van der Waals surface area (Å²) in [5.41, 5.74) is 2.10. The molecule has 1 atom stereocenters. The van der Waals surface area contributed by atoms with Gasteiger partial charge >= 0.3 is 0 Å². The minimum atomic E-state index is -0.108. The average molecular weight is 474 g/mol. The zero-order valence-corrected chi connectivity index (χ0v) is 23.5. The Morgan fingerprint density at radius 3 is 1.93 bits per heavy atom. The molecular formula is C24H40N4Y-2. The van der Waals surface area contributed by atoms with Gasteiger partial charge in [0, 0.05) is 43.8 Å². The minimum Gasteiger partial charge on any atom is -0.408 e. The van der Waals surface area contributed by atoms with Gasteiger partial charge in [0.2, 0.25) is 0 Å². The van der Waals surface area contributed by atoms with Gasteiger partial charge in [0.1, 0.15) is 0 Å². The molecule has 0 aliphatic carbocycles. The van der Waals surface area contributed by atoms with E-state index in [0.29, 0.717) is 0 Å². The molecule has 0 bridgehead atoms. The summed E-state index contributed by atoms with van der Waals surface area (Å²) in [4.78, 5) is 7.51. The second-order valence-electron chi connectivity index (χ2n) is 12.2. The van der Waals surface area contributed by atoms with Gasteiger partial charge in [-0.1, -0.05) is 74.2 Å². The molecule has 0 N–H and O–H groups in total.